The first-order valence-corrected chi connectivity index (χ1v) is 4.21. The van der Waals surface area contributed by atoms with Crippen molar-refractivity contribution in [3.8, 4) is 0 Å². The van der Waals surface area contributed by atoms with E-state index in [1.165, 1.54) is 0 Å². The average Bonchev–Trinajstić information content (AvgIpc) is 2.18. The Morgan fingerprint density at radius 1 is 1.38 bits per heavy atom. The minimum Gasteiger partial charge on any atom is -0.329 e. The predicted molar refractivity (Wildman–Crippen MR) is 51.2 cm³/mol. The van der Waals surface area contributed by atoms with Crippen molar-refractivity contribution in [3.63, 3.8) is 0 Å². The summed E-state index contributed by atoms with van der Waals surface area (Å²) in [6.07, 6.45) is 0.582. The van der Waals surface area contributed by atoms with Crippen LogP contribution in [0.3, 0.4) is 0 Å². The normalized spacial score (nSPS) is 9.31. The molecule has 0 spiro atoms. The zero-order valence-corrected chi connectivity index (χ0v) is 7.54. The molecule has 0 aliphatic rings. The van der Waals surface area contributed by atoms with Crippen LogP contribution in [0.15, 0.2) is 24.3 Å². The van der Waals surface area contributed by atoms with Crippen LogP contribution in [-0.2, 0) is 4.79 Å². The topological polar surface area (TPSA) is 46.2 Å². The highest BCUT2D eigenvalue weighted by Crippen LogP contribution is 2.09. The minimum absolute atomic E-state index is 0.0273. The second-order valence-corrected chi connectivity index (χ2v) is 2.66. The third kappa shape index (κ3) is 2.56. The van der Waals surface area contributed by atoms with E-state index in [9.17, 15) is 9.59 Å². The number of anilines is 1. The van der Waals surface area contributed by atoms with Gasteiger partial charge in [0.2, 0.25) is 6.41 Å². The SMILES string of the molecule is O=CNc1ccc(C(=O)CCl)cc1. The molecule has 0 aromatic heterocycles. The number of nitrogens with one attached hydrogen (secondary N) is 1. The van der Waals surface area contributed by atoms with E-state index >= 15 is 0 Å². The molecule has 0 unspecified atom stereocenters. The second kappa shape index (κ2) is 4.62. The Hall–Kier alpha value is -1.35. The zero-order chi connectivity index (χ0) is 9.68. The summed E-state index contributed by atoms with van der Waals surface area (Å²) >= 11 is 5.37. The van der Waals surface area contributed by atoms with E-state index in [-0.39, 0.29) is 11.7 Å². The summed E-state index contributed by atoms with van der Waals surface area (Å²) in [5.74, 6) is -0.153. The number of benzene rings is 1. The summed E-state index contributed by atoms with van der Waals surface area (Å²) in [5.41, 5.74) is 1.20. The van der Waals surface area contributed by atoms with Gasteiger partial charge in [0.25, 0.3) is 0 Å². The second-order valence-electron chi connectivity index (χ2n) is 2.40. The van der Waals surface area contributed by atoms with Crippen molar-refractivity contribution in [2.75, 3.05) is 11.2 Å². The summed E-state index contributed by atoms with van der Waals surface area (Å²) in [4.78, 5) is 21.1. The van der Waals surface area contributed by atoms with Crippen molar-refractivity contribution in [2.45, 2.75) is 0 Å². The molecule has 4 heteroatoms. The molecule has 0 radical (unpaired) electrons. The van der Waals surface area contributed by atoms with Gasteiger partial charge in [-0.15, -0.1) is 11.6 Å². The highest BCUT2D eigenvalue weighted by Gasteiger charge is 2.02. The van der Waals surface area contributed by atoms with Gasteiger partial charge in [0, 0.05) is 11.3 Å². The molecular formula is C9H8ClNO2. The van der Waals surface area contributed by atoms with Gasteiger partial charge in [-0.05, 0) is 24.3 Å². The Balaban J connectivity index is 2.80. The molecule has 0 aliphatic heterocycles. The van der Waals surface area contributed by atoms with Gasteiger partial charge in [0.05, 0.1) is 5.88 Å². The molecule has 1 rings (SSSR count). The number of alkyl halides is 1. The summed E-state index contributed by atoms with van der Waals surface area (Å²) in [7, 11) is 0. The maximum absolute atomic E-state index is 11.1. The van der Waals surface area contributed by atoms with Gasteiger partial charge < -0.3 is 5.32 Å². The van der Waals surface area contributed by atoms with Crippen LogP contribution in [0.1, 0.15) is 10.4 Å². The summed E-state index contributed by atoms with van der Waals surface area (Å²) in [5, 5.41) is 2.47. The third-order valence-corrected chi connectivity index (χ3v) is 1.80. The van der Waals surface area contributed by atoms with Crippen LogP contribution in [0.5, 0.6) is 0 Å². The standard InChI is InChI=1S/C9H8ClNO2/c10-5-9(13)7-1-3-8(4-2-7)11-6-12/h1-4,6H,5H2,(H,11,12). The Morgan fingerprint density at radius 2 is 2.00 bits per heavy atom. The molecule has 0 fully saturated rings. The Kier molecular flexibility index (Phi) is 3.46. The Bertz CT molecular complexity index is 308. The van der Waals surface area contributed by atoms with Crippen molar-refractivity contribution in [1.29, 1.82) is 0 Å². The van der Waals surface area contributed by atoms with Crippen LogP contribution in [0, 0.1) is 0 Å². The number of rotatable bonds is 4. The Morgan fingerprint density at radius 3 is 2.46 bits per heavy atom. The van der Waals surface area contributed by atoms with Gasteiger partial charge in [0.15, 0.2) is 5.78 Å². The highest BCUT2D eigenvalue weighted by molar-refractivity contribution is 6.30. The fourth-order valence-corrected chi connectivity index (χ4v) is 1.05. The molecule has 1 aromatic carbocycles. The van der Waals surface area contributed by atoms with E-state index in [1.54, 1.807) is 24.3 Å². The van der Waals surface area contributed by atoms with Crippen molar-refractivity contribution in [2.24, 2.45) is 0 Å². The number of hydrogen-bond acceptors (Lipinski definition) is 2. The lowest BCUT2D eigenvalue weighted by Crippen LogP contribution is -2.00. The molecule has 68 valence electrons. The van der Waals surface area contributed by atoms with E-state index in [0.29, 0.717) is 17.7 Å². The number of halogens is 1. The van der Waals surface area contributed by atoms with E-state index in [4.69, 9.17) is 11.6 Å². The van der Waals surface area contributed by atoms with Crippen LogP contribution in [0.4, 0.5) is 5.69 Å². The lowest BCUT2D eigenvalue weighted by molar-refractivity contribution is -0.105. The largest absolute Gasteiger partial charge is 0.329 e. The van der Waals surface area contributed by atoms with Crippen LogP contribution < -0.4 is 5.32 Å². The molecule has 1 amide bonds. The maximum atomic E-state index is 11.1. The van der Waals surface area contributed by atoms with Gasteiger partial charge in [-0.25, -0.2) is 0 Å². The molecule has 0 atom stereocenters. The van der Waals surface area contributed by atoms with Gasteiger partial charge in [-0.1, -0.05) is 0 Å². The van der Waals surface area contributed by atoms with Crippen LogP contribution in [0.2, 0.25) is 0 Å². The molecule has 13 heavy (non-hydrogen) atoms. The zero-order valence-electron chi connectivity index (χ0n) is 6.79. The first-order valence-electron chi connectivity index (χ1n) is 3.67. The molecule has 1 aromatic rings. The Labute approximate surface area is 80.7 Å². The number of ketones is 1. The lowest BCUT2D eigenvalue weighted by atomic mass is 10.1. The summed E-state index contributed by atoms with van der Waals surface area (Å²) in [6, 6.07) is 6.54. The fourth-order valence-electron chi connectivity index (χ4n) is 0.898. The van der Waals surface area contributed by atoms with Crippen LogP contribution in [-0.4, -0.2) is 18.1 Å². The van der Waals surface area contributed by atoms with Crippen LogP contribution >= 0.6 is 11.6 Å². The molecule has 0 saturated heterocycles. The minimum atomic E-state index is -0.126. The van der Waals surface area contributed by atoms with E-state index in [1.807, 2.05) is 0 Å². The fraction of sp³-hybridized carbons (Fsp3) is 0.111. The average molecular weight is 198 g/mol. The summed E-state index contributed by atoms with van der Waals surface area (Å²) < 4.78 is 0. The number of carbonyl (C=O) groups excluding carboxylic acids is 2. The quantitative estimate of drug-likeness (QED) is 0.454. The third-order valence-electron chi connectivity index (χ3n) is 1.55. The molecule has 0 saturated carbocycles. The van der Waals surface area contributed by atoms with E-state index < -0.39 is 0 Å². The van der Waals surface area contributed by atoms with Crippen molar-refractivity contribution in [3.05, 3.63) is 29.8 Å². The molecule has 0 aliphatic carbocycles. The number of Topliss-reactive ketones (excluding diaryl/α,β-unsaturated/α-hetero) is 1. The van der Waals surface area contributed by atoms with E-state index in [2.05, 4.69) is 5.32 Å². The number of carbonyl (C=O) groups is 2. The number of hydrogen-bond donors (Lipinski definition) is 1. The lowest BCUT2D eigenvalue weighted by Gasteiger charge is -1.99. The molecule has 0 bridgehead atoms. The molecular weight excluding hydrogens is 190 g/mol. The van der Waals surface area contributed by atoms with Gasteiger partial charge in [-0.2, -0.15) is 0 Å². The molecule has 3 nitrogen and oxygen atoms in total. The van der Waals surface area contributed by atoms with Crippen molar-refractivity contribution < 1.29 is 9.59 Å². The summed E-state index contributed by atoms with van der Waals surface area (Å²) in [6.45, 7) is 0. The van der Waals surface area contributed by atoms with E-state index in [0.717, 1.165) is 0 Å². The predicted octanol–water partition coefficient (Wildman–Crippen LogP) is 1.68. The first-order chi connectivity index (χ1) is 6.27. The monoisotopic (exact) mass is 197 g/mol. The molecule has 1 N–H and O–H groups in total. The van der Waals surface area contributed by atoms with Gasteiger partial charge in [-0.3, -0.25) is 9.59 Å². The highest BCUT2D eigenvalue weighted by atomic mass is 35.5. The first kappa shape index (κ1) is 9.74. The van der Waals surface area contributed by atoms with Crippen molar-refractivity contribution in [1.82, 2.24) is 0 Å². The maximum Gasteiger partial charge on any atom is 0.211 e. The van der Waals surface area contributed by atoms with Gasteiger partial charge in [0.1, 0.15) is 0 Å². The van der Waals surface area contributed by atoms with Gasteiger partial charge >= 0.3 is 0 Å². The van der Waals surface area contributed by atoms with Crippen molar-refractivity contribution >= 4 is 29.5 Å². The number of amides is 1. The smallest absolute Gasteiger partial charge is 0.211 e. The van der Waals surface area contributed by atoms with Crippen LogP contribution in [0.25, 0.3) is 0 Å². The molecule has 0 heterocycles.